The Kier molecular flexibility index (Phi) is 5.02. The number of anilines is 1. The van der Waals surface area contributed by atoms with E-state index in [-0.39, 0.29) is 11.8 Å². The molecule has 0 saturated carbocycles. The first-order valence-corrected chi connectivity index (χ1v) is 9.81. The summed E-state index contributed by atoms with van der Waals surface area (Å²) in [6.07, 6.45) is 5.34. The van der Waals surface area contributed by atoms with Gasteiger partial charge < -0.3 is 19.3 Å². The molecule has 0 bridgehead atoms. The Bertz CT molecular complexity index is 841. The molecule has 2 amide bonds. The lowest BCUT2D eigenvalue weighted by Crippen LogP contribution is -2.59. The first kappa shape index (κ1) is 18.5. The number of aromatic nitrogens is 3. The minimum Gasteiger partial charge on any atom is -0.341 e. The molecule has 28 heavy (non-hydrogen) atoms. The molecule has 0 radical (unpaired) electrons. The van der Waals surface area contributed by atoms with Crippen molar-refractivity contribution in [1.82, 2.24) is 24.3 Å². The molecule has 0 spiro atoms. The summed E-state index contributed by atoms with van der Waals surface area (Å²) in [6, 6.07) is 5.04. The summed E-state index contributed by atoms with van der Waals surface area (Å²) in [4.78, 5) is 40.6. The minimum atomic E-state index is -0.450. The summed E-state index contributed by atoms with van der Waals surface area (Å²) in [5.41, 5.74) is 0.663. The lowest BCUT2D eigenvalue weighted by atomic mass is 10.1. The van der Waals surface area contributed by atoms with Crippen LogP contribution in [-0.4, -0.2) is 74.9 Å². The molecule has 1 fully saturated rings. The number of rotatable bonds is 4. The van der Waals surface area contributed by atoms with Crippen molar-refractivity contribution in [1.29, 1.82) is 0 Å². The van der Waals surface area contributed by atoms with Gasteiger partial charge in [-0.25, -0.2) is 9.97 Å². The highest BCUT2D eigenvalue weighted by atomic mass is 16.2. The summed E-state index contributed by atoms with van der Waals surface area (Å²) in [5, 5.41) is 0. The van der Waals surface area contributed by atoms with Crippen LogP contribution in [0.25, 0.3) is 0 Å². The molecule has 2 aliphatic rings. The highest BCUT2D eigenvalue weighted by Crippen LogP contribution is 2.22. The summed E-state index contributed by atoms with van der Waals surface area (Å²) in [6.45, 7) is 7.83. The number of fused-ring (bicyclic) bond motifs is 1. The van der Waals surface area contributed by atoms with Crippen molar-refractivity contribution in [2.75, 3.05) is 37.6 Å². The van der Waals surface area contributed by atoms with Crippen LogP contribution in [0.2, 0.25) is 0 Å². The predicted molar refractivity (Wildman–Crippen MR) is 105 cm³/mol. The first-order chi connectivity index (χ1) is 13.5. The molecule has 4 rings (SSSR count). The summed E-state index contributed by atoms with van der Waals surface area (Å²) in [7, 11) is 0. The molecule has 8 heteroatoms. The van der Waals surface area contributed by atoms with E-state index < -0.39 is 6.04 Å². The van der Waals surface area contributed by atoms with Gasteiger partial charge in [-0.2, -0.15) is 0 Å². The fourth-order valence-electron chi connectivity index (χ4n) is 3.95. The second-order valence-electron chi connectivity index (χ2n) is 7.77. The van der Waals surface area contributed by atoms with Gasteiger partial charge in [0.2, 0.25) is 11.9 Å². The second-order valence-corrected chi connectivity index (χ2v) is 7.77. The van der Waals surface area contributed by atoms with E-state index in [1.165, 1.54) is 0 Å². The quantitative estimate of drug-likeness (QED) is 0.792. The number of hydrogen-bond donors (Lipinski definition) is 0. The summed E-state index contributed by atoms with van der Waals surface area (Å²) >= 11 is 0. The van der Waals surface area contributed by atoms with E-state index >= 15 is 0 Å². The Balaban J connectivity index is 1.48. The third kappa shape index (κ3) is 3.46. The zero-order valence-electron chi connectivity index (χ0n) is 16.4. The maximum Gasteiger partial charge on any atom is 0.271 e. The van der Waals surface area contributed by atoms with Crippen LogP contribution >= 0.6 is 0 Å². The van der Waals surface area contributed by atoms with Crippen LogP contribution in [-0.2, 0) is 11.3 Å². The van der Waals surface area contributed by atoms with Crippen molar-refractivity contribution in [3.8, 4) is 0 Å². The zero-order valence-corrected chi connectivity index (χ0v) is 16.4. The lowest BCUT2D eigenvalue weighted by molar-refractivity contribution is -0.137. The molecule has 0 aliphatic carbocycles. The molecule has 1 atom stereocenters. The molecule has 148 valence electrons. The minimum absolute atomic E-state index is 0.0296. The van der Waals surface area contributed by atoms with E-state index in [2.05, 4.69) is 28.7 Å². The van der Waals surface area contributed by atoms with Crippen molar-refractivity contribution in [3.63, 3.8) is 0 Å². The van der Waals surface area contributed by atoms with Gasteiger partial charge in [-0.3, -0.25) is 9.59 Å². The van der Waals surface area contributed by atoms with E-state index in [4.69, 9.17) is 0 Å². The fraction of sp³-hybridized carbons (Fsp3) is 0.500. The molecule has 0 N–H and O–H groups in total. The fourth-order valence-corrected chi connectivity index (χ4v) is 3.95. The molecule has 8 nitrogen and oxygen atoms in total. The third-order valence-corrected chi connectivity index (χ3v) is 5.33. The lowest BCUT2D eigenvalue weighted by Gasteiger charge is -2.41. The van der Waals surface area contributed by atoms with Gasteiger partial charge in [-0.05, 0) is 24.1 Å². The molecule has 0 aromatic carbocycles. The summed E-state index contributed by atoms with van der Waals surface area (Å²) in [5.74, 6) is 0.968. The smallest absolute Gasteiger partial charge is 0.271 e. The largest absolute Gasteiger partial charge is 0.341 e. The van der Waals surface area contributed by atoms with Gasteiger partial charge in [0.15, 0.2) is 0 Å². The third-order valence-electron chi connectivity index (χ3n) is 5.33. The van der Waals surface area contributed by atoms with Gasteiger partial charge in [0, 0.05) is 51.3 Å². The van der Waals surface area contributed by atoms with Crippen LogP contribution in [0.3, 0.4) is 0 Å². The number of hydrogen-bond acceptors (Lipinski definition) is 5. The Labute approximate surface area is 164 Å². The van der Waals surface area contributed by atoms with Gasteiger partial charge >= 0.3 is 0 Å². The number of nitrogens with zero attached hydrogens (tertiary/aromatic N) is 6. The van der Waals surface area contributed by atoms with Crippen molar-refractivity contribution in [2.24, 2.45) is 5.92 Å². The monoisotopic (exact) mass is 382 g/mol. The van der Waals surface area contributed by atoms with E-state index in [0.717, 1.165) is 0 Å². The normalized spacial score (nSPS) is 19.9. The molecule has 2 aromatic rings. The van der Waals surface area contributed by atoms with Gasteiger partial charge in [-0.15, -0.1) is 0 Å². The van der Waals surface area contributed by atoms with Gasteiger partial charge in [0.25, 0.3) is 5.91 Å². The van der Waals surface area contributed by atoms with Gasteiger partial charge in [-0.1, -0.05) is 13.8 Å². The Morgan fingerprint density at radius 2 is 1.86 bits per heavy atom. The number of piperazine rings is 1. The number of amides is 2. The maximum atomic E-state index is 13.3. The van der Waals surface area contributed by atoms with Crippen LogP contribution in [0.5, 0.6) is 0 Å². The van der Waals surface area contributed by atoms with Crippen molar-refractivity contribution in [2.45, 2.75) is 26.4 Å². The molecular weight excluding hydrogens is 356 g/mol. The zero-order chi connectivity index (χ0) is 19.7. The van der Waals surface area contributed by atoms with Crippen LogP contribution in [0.1, 0.15) is 24.3 Å². The Morgan fingerprint density at radius 3 is 2.54 bits per heavy atom. The van der Waals surface area contributed by atoms with Crippen LogP contribution in [0.15, 0.2) is 36.8 Å². The average molecular weight is 382 g/mol. The SMILES string of the molecule is CC(C)CN1C(=O)c2cccn2CC1C(=O)N1CCN(c2ncccn2)CC1. The van der Waals surface area contributed by atoms with E-state index in [1.807, 2.05) is 27.8 Å². The van der Waals surface area contributed by atoms with E-state index in [1.54, 1.807) is 23.4 Å². The Morgan fingerprint density at radius 1 is 1.14 bits per heavy atom. The van der Waals surface area contributed by atoms with Crippen LogP contribution < -0.4 is 4.90 Å². The second kappa shape index (κ2) is 7.61. The van der Waals surface area contributed by atoms with Crippen molar-refractivity contribution >= 4 is 17.8 Å². The maximum absolute atomic E-state index is 13.3. The Hall–Kier alpha value is -2.90. The van der Waals surface area contributed by atoms with Gasteiger partial charge in [0.05, 0.1) is 6.54 Å². The first-order valence-electron chi connectivity index (χ1n) is 9.81. The van der Waals surface area contributed by atoms with Crippen LogP contribution in [0, 0.1) is 5.92 Å². The molecule has 1 unspecified atom stereocenters. The number of carbonyl (C=O) groups is 2. The number of carbonyl (C=O) groups excluding carboxylic acids is 2. The molecule has 2 aliphatic heterocycles. The van der Waals surface area contributed by atoms with Gasteiger partial charge in [0.1, 0.15) is 11.7 Å². The average Bonchev–Trinajstić information content (AvgIpc) is 3.19. The van der Waals surface area contributed by atoms with E-state index in [0.29, 0.717) is 56.8 Å². The van der Waals surface area contributed by atoms with E-state index in [9.17, 15) is 9.59 Å². The standard InChI is InChI=1S/C20H26N6O2/c1-15(2)13-26-17(14-25-8-3-5-16(25)19(26)28)18(27)23-9-11-24(12-10-23)20-21-6-4-7-22-20/h3-8,15,17H,9-14H2,1-2H3. The van der Waals surface area contributed by atoms with Crippen molar-refractivity contribution < 1.29 is 9.59 Å². The highest BCUT2D eigenvalue weighted by molar-refractivity contribution is 5.97. The topological polar surface area (TPSA) is 74.6 Å². The molecule has 1 saturated heterocycles. The predicted octanol–water partition coefficient (Wildman–Crippen LogP) is 1.11. The highest BCUT2D eigenvalue weighted by Gasteiger charge is 2.39. The van der Waals surface area contributed by atoms with Crippen LogP contribution in [0.4, 0.5) is 5.95 Å². The molecule has 4 heterocycles. The molecular formula is C20H26N6O2. The van der Waals surface area contributed by atoms with Crippen molar-refractivity contribution in [3.05, 3.63) is 42.5 Å². The summed E-state index contributed by atoms with van der Waals surface area (Å²) < 4.78 is 1.90. The molecule has 2 aromatic heterocycles.